The van der Waals surface area contributed by atoms with Gasteiger partial charge in [-0.2, -0.15) is 5.10 Å². The standard InChI is InChI=1S/C9H15N3/c1-7-8(3-2-5-10-7)9-4-6-11-12-9/h4,6-8,10H,2-3,5H2,1H3,(H,11,12)/t7-,8-/m1/s1. The molecule has 3 heteroatoms. The molecule has 0 aromatic carbocycles. The lowest BCUT2D eigenvalue weighted by atomic mass is 9.89. The Hall–Kier alpha value is -0.830. The monoisotopic (exact) mass is 165 g/mol. The van der Waals surface area contributed by atoms with Gasteiger partial charge in [0.15, 0.2) is 0 Å². The molecule has 1 aromatic heterocycles. The van der Waals surface area contributed by atoms with Crippen LogP contribution in [0.4, 0.5) is 0 Å². The van der Waals surface area contributed by atoms with Crippen LogP contribution in [0.15, 0.2) is 12.3 Å². The first kappa shape index (κ1) is 7.80. The van der Waals surface area contributed by atoms with Crippen LogP contribution in [-0.4, -0.2) is 22.8 Å². The van der Waals surface area contributed by atoms with E-state index in [0.29, 0.717) is 12.0 Å². The number of aromatic amines is 1. The highest BCUT2D eigenvalue weighted by Gasteiger charge is 2.22. The van der Waals surface area contributed by atoms with Crippen LogP contribution < -0.4 is 5.32 Å². The van der Waals surface area contributed by atoms with Gasteiger partial charge in [-0.3, -0.25) is 5.10 Å². The molecule has 12 heavy (non-hydrogen) atoms. The normalized spacial score (nSPS) is 30.4. The van der Waals surface area contributed by atoms with Crippen LogP contribution in [0.5, 0.6) is 0 Å². The molecular formula is C9H15N3. The van der Waals surface area contributed by atoms with Gasteiger partial charge in [0, 0.05) is 23.9 Å². The summed E-state index contributed by atoms with van der Waals surface area (Å²) in [7, 11) is 0. The quantitative estimate of drug-likeness (QED) is 0.658. The van der Waals surface area contributed by atoms with E-state index in [1.54, 1.807) is 0 Å². The SMILES string of the molecule is C[C@H]1NCCC[C@H]1c1ccn[nH]1. The van der Waals surface area contributed by atoms with E-state index in [0.717, 1.165) is 6.54 Å². The molecule has 0 saturated carbocycles. The van der Waals surface area contributed by atoms with Gasteiger partial charge in [0.2, 0.25) is 0 Å². The third-order valence-corrected chi connectivity index (χ3v) is 2.68. The van der Waals surface area contributed by atoms with Gasteiger partial charge < -0.3 is 5.32 Å². The Labute approximate surface area is 72.6 Å². The van der Waals surface area contributed by atoms with Gasteiger partial charge >= 0.3 is 0 Å². The lowest BCUT2D eigenvalue weighted by Gasteiger charge is -2.28. The summed E-state index contributed by atoms with van der Waals surface area (Å²) in [6.45, 7) is 3.40. The van der Waals surface area contributed by atoms with Crippen molar-refractivity contribution in [1.82, 2.24) is 15.5 Å². The summed E-state index contributed by atoms with van der Waals surface area (Å²) in [4.78, 5) is 0. The molecule has 1 aromatic rings. The van der Waals surface area contributed by atoms with Crippen LogP contribution in [0.3, 0.4) is 0 Å². The predicted octanol–water partition coefficient (Wildman–Crippen LogP) is 1.27. The van der Waals surface area contributed by atoms with Crippen LogP contribution in [0, 0.1) is 0 Å². The molecule has 1 aliphatic rings. The van der Waals surface area contributed by atoms with E-state index >= 15 is 0 Å². The summed E-state index contributed by atoms with van der Waals surface area (Å²) >= 11 is 0. The topological polar surface area (TPSA) is 40.7 Å². The second-order valence-corrected chi connectivity index (χ2v) is 3.50. The molecule has 1 aliphatic heterocycles. The van der Waals surface area contributed by atoms with Gasteiger partial charge in [-0.1, -0.05) is 0 Å². The average Bonchev–Trinajstić information content (AvgIpc) is 2.57. The smallest absolute Gasteiger partial charge is 0.0490 e. The largest absolute Gasteiger partial charge is 0.314 e. The number of hydrogen-bond acceptors (Lipinski definition) is 2. The van der Waals surface area contributed by atoms with Crippen molar-refractivity contribution < 1.29 is 0 Å². The zero-order chi connectivity index (χ0) is 8.39. The average molecular weight is 165 g/mol. The number of aromatic nitrogens is 2. The highest BCUT2D eigenvalue weighted by atomic mass is 15.1. The molecule has 0 spiro atoms. The molecule has 0 bridgehead atoms. The van der Waals surface area contributed by atoms with Crippen molar-refractivity contribution in [3.63, 3.8) is 0 Å². The molecular weight excluding hydrogens is 150 g/mol. The molecule has 2 heterocycles. The molecule has 1 fully saturated rings. The summed E-state index contributed by atoms with van der Waals surface area (Å²) in [6.07, 6.45) is 4.38. The third kappa shape index (κ3) is 1.37. The fourth-order valence-electron chi connectivity index (χ4n) is 1.94. The van der Waals surface area contributed by atoms with E-state index in [2.05, 4.69) is 28.5 Å². The minimum atomic E-state index is 0.583. The number of rotatable bonds is 1. The number of nitrogens with zero attached hydrogens (tertiary/aromatic N) is 1. The molecule has 2 atom stereocenters. The van der Waals surface area contributed by atoms with Gasteiger partial charge in [0.25, 0.3) is 0 Å². The first-order valence-electron chi connectivity index (χ1n) is 4.60. The summed E-state index contributed by atoms with van der Waals surface area (Å²) in [5.41, 5.74) is 1.27. The molecule has 1 saturated heterocycles. The van der Waals surface area contributed by atoms with Gasteiger partial charge in [-0.25, -0.2) is 0 Å². The molecule has 0 radical (unpaired) electrons. The van der Waals surface area contributed by atoms with Crippen molar-refractivity contribution in [2.45, 2.75) is 31.7 Å². The Morgan fingerprint density at radius 3 is 3.17 bits per heavy atom. The fourth-order valence-corrected chi connectivity index (χ4v) is 1.94. The zero-order valence-electron chi connectivity index (χ0n) is 7.38. The second kappa shape index (κ2) is 3.27. The minimum absolute atomic E-state index is 0.583. The first-order chi connectivity index (χ1) is 5.88. The van der Waals surface area contributed by atoms with E-state index in [4.69, 9.17) is 0 Å². The Morgan fingerprint density at radius 1 is 1.58 bits per heavy atom. The van der Waals surface area contributed by atoms with E-state index in [-0.39, 0.29) is 0 Å². The second-order valence-electron chi connectivity index (χ2n) is 3.50. The van der Waals surface area contributed by atoms with Crippen molar-refractivity contribution in [3.8, 4) is 0 Å². The summed E-state index contributed by atoms with van der Waals surface area (Å²) in [6, 6.07) is 2.66. The van der Waals surface area contributed by atoms with Gasteiger partial charge in [0.05, 0.1) is 0 Å². The lowest BCUT2D eigenvalue weighted by molar-refractivity contribution is 0.365. The summed E-state index contributed by atoms with van der Waals surface area (Å²) < 4.78 is 0. The number of hydrogen-bond donors (Lipinski definition) is 2. The molecule has 2 rings (SSSR count). The van der Waals surface area contributed by atoms with Crippen LogP contribution in [-0.2, 0) is 0 Å². The van der Waals surface area contributed by atoms with Gasteiger partial charge in [-0.15, -0.1) is 0 Å². The minimum Gasteiger partial charge on any atom is -0.314 e. The fraction of sp³-hybridized carbons (Fsp3) is 0.667. The van der Waals surface area contributed by atoms with Crippen LogP contribution in [0.25, 0.3) is 0 Å². The molecule has 0 aliphatic carbocycles. The third-order valence-electron chi connectivity index (χ3n) is 2.68. The zero-order valence-corrected chi connectivity index (χ0v) is 7.38. The van der Waals surface area contributed by atoms with Crippen molar-refractivity contribution in [1.29, 1.82) is 0 Å². The van der Waals surface area contributed by atoms with Crippen LogP contribution in [0.2, 0.25) is 0 Å². The molecule has 66 valence electrons. The molecule has 0 amide bonds. The molecule has 2 N–H and O–H groups in total. The maximum absolute atomic E-state index is 3.98. The highest BCUT2D eigenvalue weighted by molar-refractivity contribution is 5.09. The number of nitrogens with one attached hydrogen (secondary N) is 2. The van der Waals surface area contributed by atoms with Crippen LogP contribution in [0.1, 0.15) is 31.4 Å². The number of piperidine rings is 1. The summed E-state index contributed by atoms with van der Waals surface area (Å²) in [5, 5.41) is 10.5. The number of H-pyrrole nitrogens is 1. The van der Waals surface area contributed by atoms with E-state index in [1.807, 2.05) is 6.20 Å². The molecule has 3 nitrogen and oxygen atoms in total. The van der Waals surface area contributed by atoms with Crippen molar-refractivity contribution >= 4 is 0 Å². The van der Waals surface area contributed by atoms with Gasteiger partial charge in [0.1, 0.15) is 0 Å². The first-order valence-corrected chi connectivity index (χ1v) is 4.60. The van der Waals surface area contributed by atoms with E-state index in [1.165, 1.54) is 18.5 Å². The Balaban J connectivity index is 2.11. The van der Waals surface area contributed by atoms with E-state index in [9.17, 15) is 0 Å². The predicted molar refractivity (Wildman–Crippen MR) is 48.0 cm³/mol. The van der Waals surface area contributed by atoms with Crippen molar-refractivity contribution in [2.24, 2.45) is 0 Å². The highest BCUT2D eigenvalue weighted by Crippen LogP contribution is 2.25. The Kier molecular flexibility index (Phi) is 2.13. The lowest BCUT2D eigenvalue weighted by Crippen LogP contribution is -2.37. The maximum Gasteiger partial charge on any atom is 0.0490 e. The van der Waals surface area contributed by atoms with Gasteiger partial charge in [-0.05, 0) is 32.4 Å². The van der Waals surface area contributed by atoms with Crippen molar-refractivity contribution in [3.05, 3.63) is 18.0 Å². The summed E-state index contributed by atoms with van der Waals surface area (Å²) in [5.74, 6) is 0.626. The van der Waals surface area contributed by atoms with Crippen molar-refractivity contribution in [2.75, 3.05) is 6.54 Å². The Morgan fingerprint density at radius 2 is 2.50 bits per heavy atom. The van der Waals surface area contributed by atoms with Crippen LogP contribution >= 0.6 is 0 Å². The Bertz CT molecular complexity index is 230. The van der Waals surface area contributed by atoms with E-state index < -0.39 is 0 Å². The molecule has 0 unspecified atom stereocenters. The maximum atomic E-state index is 3.98.